The predicted octanol–water partition coefficient (Wildman–Crippen LogP) is 12.0. The molecule has 5 aromatic rings. The van der Waals surface area contributed by atoms with E-state index in [0.717, 1.165) is 53.1 Å². The van der Waals surface area contributed by atoms with Crippen LogP contribution in [-0.4, -0.2) is 23.1 Å². The van der Waals surface area contributed by atoms with Gasteiger partial charge in [-0.3, -0.25) is 10.1 Å². The van der Waals surface area contributed by atoms with E-state index in [1.165, 1.54) is 0 Å². The van der Waals surface area contributed by atoms with Crippen molar-refractivity contribution in [3.63, 3.8) is 0 Å². The summed E-state index contributed by atoms with van der Waals surface area (Å²) in [4.78, 5) is 23.8. The van der Waals surface area contributed by atoms with Gasteiger partial charge in [-0.05, 0) is 83.0 Å². The Kier molecular flexibility index (Phi) is 14.1. The summed E-state index contributed by atoms with van der Waals surface area (Å²) < 4.78 is 131. The molecule has 8 nitrogen and oxygen atoms in total. The zero-order chi connectivity index (χ0) is 41.5. The fourth-order valence-electron chi connectivity index (χ4n) is 4.77. The highest BCUT2D eigenvalue weighted by Crippen LogP contribution is 2.43. The predicted molar refractivity (Wildman–Crippen MR) is 190 cm³/mol. The number of hydrogen-bond acceptors (Lipinski definition) is 5. The molecule has 0 spiro atoms. The maximum atomic E-state index is 14.3. The van der Waals surface area contributed by atoms with Crippen LogP contribution >= 0.6 is 39.1 Å². The first-order chi connectivity index (χ1) is 26.3. The molecule has 2 N–H and O–H groups in total. The highest BCUT2D eigenvalue weighted by molar-refractivity contribution is 9.10. The number of amides is 3. The van der Waals surface area contributed by atoms with Crippen LogP contribution in [0.3, 0.4) is 0 Å². The van der Waals surface area contributed by atoms with Crippen molar-refractivity contribution in [1.82, 2.24) is 9.88 Å². The number of benzene rings is 4. The molecule has 0 aliphatic carbocycles. The number of carbonyl (C=O) groups excluding carboxylic acids is 2. The third-order valence-corrected chi connectivity index (χ3v) is 8.54. The van der Waals surface area contributed by atoms with E-state index < -0.39 is 64.3 Å². The first-order valence-corrected chi connectivity index (χ1v) is 16.9. The summed E-state index contributed by atoms with van der Waals surface area (Å²) in [6, 6.07) is 14.7. The lowest BCUT2D eigenvalue weighted by Crippen LogP contribution is -2.35. The van der Waals surface area contributed by atoms with E-state index in [1.54, 1.807) is 36.5 Å². The highest BCUT2D eigenvalue weighted by Gasteiger charge is 2.41. The largest absolute Gasteiger partial charge is 0.456 e. The summed E-state index contributed by atoms with van der Waals surface area (Å²) in [5.74, 6) is -5.18. The van der Waals surface area contributed by atoms with Crippen molar-refractivity contribution in [2.75, 3.05) is 11.9 Å². The summed E-state index contributed by atoms with van der Waals surface area (Å²) >= 11 is 14.5. The molecule has 0 saturated carbocycles. The number of hydrogen-bond donors (Lipinski definition) is 2. The number of nitrogens with zero attached hydrogens (tertiary/aromatic N) is 2. The molecule has 0 aliphatic heterocycles. The Morgan fingerprint density at radius 3 is 2.05 bits per heavy atom. The number of aromatic nitrogens is 1. The molecular weight excluding hydrogens is 874 g/mol. The minimum atomic E-state index is -4.63. The Labute approximate surface area is 329 Å². The molecule has 20 heteroatoms. The summed E-state index contributed by atoms with van der Waals surface area (Å²) in [5, 5.41) is 13.0. The van der Waals surface area contributed by atoms with E-state index in [0.29, 0.717) is 16.7 Å². The third kappa shape index (κ3) is 10.5. The van der Waals surface area contributed by atoms with Crippen molar-refractivity contribution in [2.45, 2.75) is 26.0 Å². The SMILES string of the molecule is CCOCn1c(-c2ccc(Cl)cc2)c(C#N)c(Br)c1C(F)(F)F.O=C(NC(=O)c1c(F)cccc1F)Nc1ccc(Oc2ccc(C(F)(F)F)cc2Cl)cc1F. The first kappa shape index (κ1) is 43.5. The van der Waals surface area contributed by atoms with Gasteiger partial charge in [-0.2, -0.15) is 31.6 Å². The lowest BCUT2D eigenvalue weighted by atomic mass is 10.1. The second kappa shape index (κ2) is 18.2. The molecular formula is C36H22BrCl2F9N4O4. The van der Waals surface area contributed by atoms with E-state index in [-0.39, 0.29) is 45.6 Å². The van der Waals surface area contributed by atoms with Gasteiger partial charge in [0.2, 0.25) is 0 Å². The average molecular weight is 896 g/mol. The number of nitrogens with one attached hydrogen (secondary N) is 2. The number of ether oxygens (including phenoxy) is 2. The Bertz CT molecular complexity index is 2270. The summed E-state index contributed by atoms with van der Waals surface area (Å²) in [6.45, 7) is 1.61. The van der Waals surface area contributed by atoms with Gasteiger partial charge in [-0.15, -0.1) is 0 Å². The Hall–Kier alpha value is -5.22. The number of anilines is 1. The molecule has 56 heavy (non-hydrogen) atoms. The fourth-order valence-corrected chi connectivity index (χ4v) is 5.83. The van der Waals surface area contributed by atoms with Crippen molar-refractivity contribution in [2.24, 2.45) is 0 Å². The molecule has 1 heterocycles. The van der Waals surface area contributed by atoms with Crippen LogP contribution in [0.4, 0.5) is 50.0 Å². The standard InChI is InChI=1S/C21H11ClF6N2O3.C15H11BrClF3N2O/c22-12-8-10(21(26,27)28)4-7-17(12)33-11-5-6-16(15(25)9-11)29-20(32)30-19(31)18-13(23)2-1-3-14(18)24;1-2-23-8-22-13(9-3-5-10(17)6-4-9)11(7-21)12(16)14(22)15(18,19)20/h1-9H,(H2,29,30,31,32);3-6H,2,8H2,1H3. The maximum Gasteiger partial charge on any atom is 0.432 e. The number of imide groups is 1. The minimum Gasteiger partial charge on any atom is -0.456 e. The molecule has 0 radical (unpaired) electrons. The van der Waals surface area contributed by atoms with Gasteiger partial charge in [0, 0.05) is 17.7 Å². The summed E-state index contributed by atoms with van der Waals surface area (Å²) in [6.07, 6.45) is -9.24. The molecule has 0 atom stereocenters. The Balaban J connectivity index is 0.000000265. The van der Waals surface area contributed by atoms with Crippen molar-refractivity contribution >= 4 is 56.8 Å². The van der Waals surface area contributed by atoms with Gasteiger partial charge in [-0.1, -0.05) is 41.4 Å². The van der Waals surface area contributed by atoms with Gasteiger partial charge in [0.1, 0.15) is 53.0 Å². The zero-order valence-electron chi connectivity index (χ0n) is 28.0. The number of nitriles is 1. The van der Waals surface area contributed by atoms with Crippen LogP contribution in [0.5, 0.6) is 11.5 Å². The molecule has 0 fully saturated rings. The van der Waals surface area contributed by atoms with Crippen molar-refractivity contribution in [3.05, 3.63) is 133 Å². The number of urea groups is 1. The molecule has 5 rings (SSSR count). The lowest BCUT2D eigenvalue weighted by molar-refractivity contribution is -0.146. The van der Waals surface area contributed by atoms with Crippen LogP contribution < -0.4 is 15.4 Å². The Morgan fingerprint density at radius 2 is 1.52 bits per heavy atom. The zero-order valence-corrected chi connectivity index (χ0v) is 31.1. The topological polar surface area (TPSA) is 105 Å². The summed E-state index contributed by atoms with van der Waals surface area (Å²) in [5.41, 5.74) is -2.89. The van der Waals surface area contributed by atoms with Crippen molar-refractivity contribution in [1.29, 1.82) is 5.26 Å². The van der Waals surface area contributed by atoms with E-state index in [2.05, 4.69) is 15.9 Å². The highest BCUT2D eigenvalue weighted by atomic mass is 79.9. The van der Waals surface area contributed by atoms with Gasteiger partial charge in [0.15, 0.2) is 0 Å². The second-order valence-electron chi connectivity index (χ2n) is 10.9. The van der Waals surface area contributed by atoms with Crippen LogP contribution in [0.2, 0.25) is 10.0 Å². The number of alkyl halides is 6. The van der Waals surface area contributed by atoms with Crippen molar-refractivity contribution < 1.29 is 58.6 Å². The molecule has 0 saturated heterocycles. The molecule has 4 aromatic carbocycles. The van der Waals surface area contributed by atoms with Gasteiger partial charge < -0.3 is 19.4 Å². The van der Waals surface area contributed by atoms with Gasteiger partial charge >= 0.3 is 18.4 Å². The van der Waals surface area contributed by atoms with Gasteiger partial charge in [0.05, 0.1) is 32.0 Å². The van der Waals surface area contributed by atoms with Gasteiger partial charge in [-0.25, -0.2) is 18.0 Å². The normalized spacial score (nSPS) is 11.3. The fraction of sp³-hybridized carbons (Fsp3) is 0.139. The molecule has 1 aromatic heterocycles. The number of halogens is 12. The number of rotatable bonds is 8. The number of carbonyl (C=O) groups is 2. The van der Waals surface area contributed by atoms with Crippen LogP contribution in [0.25, 0.3) is 11.3 Å². The molecule has 0 bridgehead atoms. The van der Waals surface area contributed by atoms with Gasteiger partial charge in [0.25, 0.3) is 5.91 Å². The van der Waals surface area contributed by atoms with E-state index in [4.69, 9.17) is 32.7 Å². The quantitative estimate of drug-likeness (QED) is 0.151. The van der Waals surface area contributed by atoms with Crippen LogP contribution in [0, 0.1) is 28.8 Å². The summed E-state index contributed by atoms with van der Waals surface area (Å²) in [7, 11) is 0. The van der Waals surface area contributed by atoms with E-state index in [9.17, 15) is 54.4 Å². The Morgan fingerprint density at radius 1 is 0.875 bits per heavy atom. The minimum absolute atomic E-state index is 0.0978. The van der Waals surface area contributed by atoms with Crippen LogP contribution in [0.1, 0.15) is 34.1 Å². The monoisotopic (exact) mass is 894 g/mol. The van der Waals surface area contributed by atoms with Crippen LogP contribution in [-0.2, 0) is 23.8 Å². The molecule has 0 aliphatic rings. The lowest BCUT2D eigenvalue weighted by Gasteiger charge is -2.15. The smallest absolute Gasteiger partial charge is 0.432 e. The molecule has 3 amide bonds. The maximum absolute atomic E-state index is 14.3. The van der Waals surface area contributed by atoms with E-state index in [1.807, 2.05) is 11.4 Å². The third-order valence-electron chi connectivity index (χ3n) is 7.22. The molecule has 0 unspecified atom stereocenters. The second-order valence-corrected chi connectivity index (χ2v) is 12.6. The average Bonchev–Trinajstić information content (AvgIpc) is 3.40. The molecule has 294 valence electrons. The first-order valence-electron chi connectivity index (χ1n) is 15.4. The van der Waals surface area contributed by atoms with Crippen molar-refractivity contribution in [3.8, 4) is 28.8 Å². The van der Waals surface area contributed by atoms with E-state index >= 15 is 0 Å². The van der Waals surface area contributed by atoms with Crippen LogP contribution in [0.15, 0.2) is 83.3 Å².